The fourth-order valence-corrected chi connectivity index (χ4v) is 4.48. The summed E-state index contributed by atoms with van der Waals surface area (Å²) in [4.78, 5) is 0. The Morgan fingerprint density at radius 3 is 2.27 bits per heavy atom. The molecule has 0 saturated carbocycles. The van der Waals surface area contributed by atoms with Crippen LogP contribution in [0.3, 0.4) is 0 Å². The lowest BCUT2D eigenvalue weighted by atomic mass is 10.4. The predicted molar refractivity (Wildman–Crippen MR) is 56.0 cm³/mol. The Morgan fingerprint density at radius 2 is 2.00 bits per heavy atom. The smallest absolute Gasteiger partial charge is 0.232 e. The maximum atomic E-state index is 5.52. The van der Waals surface area contributed by atoms with Crippen molar-refractivity contribution in [3.8, 4) is 0 Å². The molecule has 0 aliphatic rings. The number of hydrogen-bond acceptors (Lipinski definition) is 2. The van der Waals surface area contributed by atoms with E-state index < -0.39 is 8.96 Å². The van der Waals surface area contributed by atoms with Gasteiger partial charge in [-0.25, -0.2) is 0 Å². The van der Waals surface area contributed by atoms with Gasteiger partial charge in [-0.1, -0.05) is 26.9 Å². The molecule has 0 saturated heterocycles. The first-order valence-electron chi connectivity index (χ1n) is 4.43. The third-order valence-corrected chi connectivity index (χ3v) is 7.95. The van der Waals surface area contributed by atoms with Crippen molar-refractivity contribution in [2.45, 2.75) is 39.9 Å². The second-order valence-electron chi connectivity index (χ2n) is 3.32. The van der Waals surface area contributed by atoms with Crippen molar-refractivity contribution >= 4 is 18.9 Å². The highest BCUT2D eigenvalue weighted by molar-refractivity contribution is 6.61. The van der Waals surface area contributed by atoms with Gasteiger partial charge in [-0.3, -0.25) is 0 Å². The van der Waals surface area contributed by atoms with Crippen LogP contribution in [-0.4, -0.2) is 35.8 Å². The molecule has 2 nitrogen and oxygen atoms in total. The van der Waals surface area contributed by atoms with Crippen molar-refractivity contribution in [2.75, 3.05) is 6.61 Å². The Kier molecular flexibility index (Phi) is 6.13. The van der Waals surface area contributed by atoms with Gasteiger partial charge in [0.25, 0.3) is 0 Å². The second kappa shape index (κ2) is 5.94. The van der Waals surface area contributed by atoms with Crippen LogP contribution in [0.5, 0.6) is 0 Å². The lowest BCUT2D eigenvalue weighted by molar-refractivity contribution is 0.320. The quantitative estimate of drug-likeness (QED) is 0.594. The van der Waals surface area contributed by atoms with Crippen LogP contribution in [0.25, 0.3) is 0 Å². The average Bonchev–Trinajstić information content (AvgIpc) is 1.87. The van der Waals surface area contributed by atoms with Gasteiger partial charge in [0.2, 0.25) is 9.92 Å². The molecular formula is C7H21NOSi2. The lowest BCUT2D eigenvalue weighted by Gasteiger charge is -2.29. The molecule has 0 bridgehead atoms. The minimum atomic E-state index is -0.605. The molecule has 0 amide bonds. The SMILES string of the molecule is CCO[SiH2]N(C(C)C)[SiH](C)C. The van der Waals surface area contributed by atoms with Crippen molar-refractivity contribution in [1.82, 2.24) is 4.23 Å². The summed E-state index contributed by atoms with van der Waals surface area (Å²) in [5.74, 6) is 0. The Morgan fingerprint density at radius 1 is 1.45 bits per heavy atom. The van der Waals surface area contributed by atoms with Crippen LogP contribution in [0.1, 0.15) is 20.8 Å². The Hall–Kier alpha value is 0.354. The van der Waals surface area contributed by atoms with Crippen molar-refractivity contribution in [1.29, 1.82) is 0 Å². The Balaban J connectivity index is 3.70. The van der Waals surface area contributed by atoms with E-state index in [4.69, 9.17) is 4.43 Å². The van der Waals surface area contributed by atoms with Gasteiger partial charge < -0.3 is 8.66 Å². The van der Waals surface area contributed by atoms with Crippen LogP contribution in [0.15, 0.2) is 0 Å². The molecule has 0 aromatic heterocycles. The average molecular weight is 191 g/mol. The van der Waals surface area contributed by atoms with E-state index >= 15 is 0 Å². The van der Waals surface area contributed by atoms with E-state index in [9.17, 15) is 0 Å². The van der Waals surface area contributed by atoms with Gasteiger partial charge in [-0.05, 0) is 13.0 Å². The highest BCUT2D eigenvalue weighted by Crippen LogP contribution is 1.99. The molecule has 0 spiro atoms. The number of rotatable bonds is 5. The molecule has 0 rings (SSSR count). The summed E-state index contributed by atoms with van der Waals surface area (Å²) in [5.41, 5.74) is 0. The number of nitrogens with zero attached hydrogens (tertiary/aromatic N) is 1. The zero-order valence-corrected chi connectivity index (χ0v) is 11.0. The third-order valence-electron chi connectivity index (χ3n) is 1.77. The first-order valence-corrected chi connectivity index (χ1v) is 8.46. The topological polar surface area (TPSA) is 12.5 Å². The molecule has 4 heteroatoms. The highest BCUT2D eigenvalue weighted by atomic mass is 28.3. The van der Waals surface area contributed by atoms with Crippen LogP contribution in [0.2, 0.25) is 13.1 Å². The van der Waals surface area contributed by atoms with Crippen LogP contribution in [-0.2, 0) is 4.43 Å². The molecule has 0 aromatic rings. The lowest BCUT2D eigenvalue weighted by Crippen LogP contribution is -2.44. The van der Waals surface area contributed by atoms with Crippen LogP contribution in [0, 0.1) is 0 Å². The summed E-state index contributed by atoms with van der Waals surface area (Å²) in [6.45, 7) is 12.2. The molecular weight excluding hydrogens is 170 g/mol. The number of hydrogen-bond donors (Lipinski definition) is 0. The first kappa shape index (κ1) is 11.4. The van der Waals surface area contributed by atoms with E-state index in [-0.39, 0.29) is 9.92 Å². The predicted octanol–water partition coefficient (Wildman–Crippen LogP) is 0.716. The van der Waals surface area contributed by atoms with Crippen molar-refractivity contribution in [3.63, 3.8) is 0 Å². The molecule has 11 heavy (non-hydrogen) atoms. The van der Waals surface area contributed by atoms with Crippen molar-refractivity contribution in [3.05, 3.63) is 0 Å². The summed E-state index contributed by atoms with van der Waals surface area (Å²) in [6, 6.07) is 0.694. The molecule has 0 aliphatic heterocycles. The Bertz CT molecular complexity index is 90.4. The summed E-state index contributed by atoms with van der Waals surface area (Å²) in [7, 11) is -0.980. The summed E-state index contributed by atoms with van der Waals surface area (Å²) < 4.78 is 8.12. The van der Waals surface area contributed by atoms with E-state index in [0.29, 0.717) is 6.04 Å². The largest absolute Gasteiger partial charge is 0.409 e. The summed E-state index contributed by atoms with van der Waals surface area (Å²) >= 11 is 0. The maximum absolute atomic E-state index is 5.52. The third kappa shape index (κ3) is 4.73. The van der Waals surface area contributed by atoms with Gasteiger partial charge >= 0.3 is 0 Å². The fourth-order valence-electron chi connectivity index (χ4n) is 1.09. The van der Waals surface area contributed by atoms with Gasteiger partial charge in [0.15, 0.2) is 0 Å². The van der Waals surface area contributed by atoms with E-state index in [1.54, 1.807) is 0 Å². The van der Waals surface area contributed by atoms with Crippen molar-refractivity contribution < 1.29 is 4.43 Å². The molecule has 0 aliphatic carbocycles. The molecule has 0 unspecified atom stereocenters. The monoisotopic (exact) mass is 191 g/mol. The molecule has 0 heterocycles. The van der Waals surface area contributed by atoms with Crippen LogP contribution >= 0.6 is 0 Å². The molecule has 0 radical (unpaired) electrons. The molecule has 0 aromatic carbocycles. The van der Waals surface area contributed by atoms with E-state index in [1.807, 2.05) is 0 Å². The molecule has 0 atom stereocenters. The van der Waals surface area contributed by atoms with Gasteiger partial charge in [-0.15, -0.1) is 0 Å². The van der Waals surface area contributed by atoms with E-state index in [1.165, 1.54) is 0 Å². The van der Waals surface area contributed by atoms with Gasteiger partial charge in [-0.2, -0.15) is 0 Å². The van der Waals surface area contributed by atoms with Crippen molar-refractivity contribution in [2.24, 2.45) is 0 Å². The second-order valence-corrected chi connectivity index (χ2v) is 8.30. The van der Waals surface area contributed by atoms with Gasteiger partial charge in [0, 0.05) is 6.61 Å². The first-order chi connectivity index (χ1) is 5.09. The van der Waals surface area contributed by atoms with Crippen LogP contribution < -0.4 is 0 Å². The van der Waals surface area contributed by atoms with Gasteiger partial charge in [0.1, 0.15) is 0 Å². The van der Waals surface area contributed by atoms with E-state index in [0.717, 1.165) is 6.61 Å². The molecule has 0 N–H and O–H groups in total. The summed E-state index contributed by atoms with van der Waals surface area (Å²) in [5, 5.41) is 0. The minimum Gasteiger partial charge on any atom is -0.409 e. The molecule has 68 valence electrons. The van der Waals surface area contributed by atoms with Crippen LogP contribution in [0.4, 0.5) is 0 Å². The zero-order valence-electron chi connectivity index (χ0n) is 8.42. The highest BCUT2D eigenvalue weighted by Gasteiger charge is 2.13. The van der Waals surface area contributed by atoms with E-state index in [2.05, 4.69) is 38.1 Å². The van der Waals surface area contributed by atoms with Gasteiger partial charge in [0.05, 0.1) is 8.96 Å². The standard InChI is InChI=1S/C7H21NOSi2/c1-6-9-10-8(7(2)3)11(4)5/h7,11H,6,10H2,1-5H3. The normalized spacial score (nSPS) is 13.1. The molecule has 0 fully saturated rings. The fraction of sp³-hybridized carbons (Fsp3) is 1.00. The maximum Gasteiger partial charge on any atom is 0.232 e. The summed E-state index contributed by atoms with van der Waals surface area (Å²) in [6.07, 6.45) is 0. The zero-order chi connectivity index (χ0) is 8.85. The minimum absolute atomic E-state index is 0.375. The Labute approximate surface area is 74.6 Å².